The van der Waals surface area contributed by atoms with Gasteiger partial charge in [0.1, 0.15) is 0 Å². The summed E-state index contributed by atoms with van der Waals surface area (Å²) in [6.07, 6.45) is -3.15. The van der Waals surface area contributed by atoms with Crippen molar-refractivity contribution in [1.82, 2.24) is 14.5 Å². The van der Waals surface area contributed by atoms with Crippen molar-refractivity contribution < 1.29 is 16.4 Å². The second kappa shape index (κ2) is 6.06. The number of aryl methyl sites for hydroxylation is 2. The first kappa shape index (κ1) is 7.01. The van der Waals surface area contributed by atoms with Gasteiger partial charge in [-0.05, 0) is 56.6 Å². The number of aromatic nitrogens is 2. The quantitative estimate of drug-likeness (QED) is 0.726. The van der Waals surface area contributed by atoms with Crippen LogP contribution in [-0.4, -0.2) is 28.0 Å². The van der Waals surface area contributed by atoms with Crippen molar-refractivity contribution in [2.45, 2.75) is 39.7 Å². The van der Waals surface area contributed by atoms with Crippen molar-refractivity contribution in [3.63, 3.8) is 0 Å². The average molecular weight is 332 g/mol. The van der Waals surface area contributed by atoms with Crippen LogP contribution in [0.15, 0.2) is 36.4 Å². The average Bonchev–Trinajstić information content (AvgIpc) is 3.15. The number of hydrogen-bond donors (Lipinski definition) is 0. The molecule has 124 valence electrons. The third-order valence-corrected chi connectivity index (χ3v) is 3.90. The zero-order valence-electron chi connectivity index (χ0n) is 25.8. The van der Waals surface area contributed by atoms with E-state index in [9.17, 15) is 0 Å². The molecule has 4 rings (SSSR count). The second-order valence-electron chi connectivity index (χ2n) is 5.79. The predicted octanol–water partition coefficient (Wildman–Crippen LogP) is 3.88. The molecule has 0 unspecified atom stereocenters. The minimum absolute atomic E-state index is 0.0693. The predicted molar refractivity (Wildman–Crippen MR) is 99.4 cm³/mol. The van der Waals surface area contributed by atoms with Crippen molar-refractivity contribution in [1.29, 1.82) is 0 Å². The Bertz CT molecular complexity index is 1430. The summed E-state index contributed by atoms with van der Waals surface area (Å²) >= 11 is 0. The van der Waals surface area contributed by atoms with E-state index in [-0.39, 0.29) is 88.3 Å². The van der Waals surface area contributed by atoms with Crippen LogP contribution < -0.4 is 0 Å². The molecule has 2 aromatic heterocycles. The van der Waals surface area contributed by atoms with Gasteiger partial charge >= 0.3 is 0 Å². The van der Waals surface area contributed by atoms with Crippen LogP contribution in [0, 0.1) is 13.8 Å². The van der Waals surface area contributed by atoms with Gasteiger partial charge in [0.15, 0.2) is 0 Å². The number of benzene rings is 1. The fraction of sp³-hybridized carbons (Fsp3) is 0.381. The highest BCUT2D eigenvalue weighted by molar-refractivity contribution is 5.86. The maximum atomic E-state index is 8.75. The number of pyridine rings is 1. The molecule has 0 bridgehead atoms. The van der Waals surface area contributed by atoms with Crippen LogP contribution in [0.4, 0.5) is 0 Å². The molecule has 0 saturated carbocycles. The van der Waals surface area contributed by atoms with Crippen molar-refractivity contribution in [2.24, 2.45) is 0 Å². The first-order chi connectivity index (χ1) is 16.4. The lowest BCUT2D eigenvalue weighted by Gasteiger charge is -2.24. The lowest BCUT2D eigenvalue weighted by atomic mass is 10.0. The van der Waals surface area contributed by atoms with E-state index in [4.69, 9.17) is 16.4 Å². The largest absolute Gasteiger partial charge is 0.344 e. The molecule has 0 spiro atoms. The lowest BCUT2D eigenvalue weighted by Crippen LogP contribution is -2.27. The molecule has 1 aliphatic rings. The Labute approximate surface area is 160 Å². The van der Waals surface area contributed by atoms with Gasteiger partial charge in [0.25, 0.3) is 0 Å². The molecule has 0 radical (unpaired) electrons. The molecule has 0 N–H and O–H groups in total. The Morgan fingerprint density at radius 3 is 3.00 bits per heavy atom. The van der Waals surface area contributed by atoms with E-state index < -0.39 is 19.4 Å². The van der Waals surface area contributed by atoms with Gasteiger partial charge in [0.05, 0.1) is 8.22 Å². The maximum absolute atomic E-state index is 8.75. The second-order valence-corrected chi connectivity index (χ2v) is 5.79. The summed E-state index contributed by atoms with van der Waals surface area (Å²) in [5, 5.41) is -0.0693. The molecule has 3 nitrogen and oxygen atoms in total. The summed E-state index contributed by atoms with van der Waals surface area (Å²) in [6, 6.07) is -1.28. The normalized spacial score (nSPS) is 28.5. The van der Waals surface area contributed by atoms with E-state index in [1.54, 1.807) is 0 Å². The number of rotatable bonds is 3. The molecule has 0 fully saturated rings. The molecule has 0 aliphatic carbocycles. The molecule has 0 saturated heterocycles. The Hall–Kier alpha value is -2.13. The molecule has 0 atom stereocenters. The van der Waals surface area contributed by atoms with E-state index in [1.165, 1.54) is 18.4 Å². The van der Waals surface area contributed by atoms with Crippen LogP contribution in [0.5, 0.6) is 0 Å². The van der Waals surface area contributed by atoms with E-state index in [0.29, 0.717) is 4.90 Å². The fourth-order valence-corrected chi connectivity index (χ4v) is 2.75. The molecule has 24 heavy (non-hydrogen) atoms. The van der Waals surface area contributed by atoms with Crippen molar-refractivity contribution >= 4 is 10.9 Å². The summed E-state index contributed by atoms with van der Waals surface area (Å²) < 4.78 is 103. The first-order valence-electron chi connectivity index (χ1n) is 13.7. The molecule has 1 aromatic carbocycles. The summed E-state index contributed by atoms with van der Waals surface area (Å²) in [5.74, 6) is 0. The highest BCUT2D eigenvalue weighted by Crippen LogP contribution is 2.31. The van der Waals surface area contributed by atoms with Crippen molar-refractivity contribution in [3.05, 3.63) is 64.5 Å². The number of hydrogen-bond acceptors (Lipinski definition) is 2. The Morgan fingerprint density at radius 2 is 2.12 bits per heavy atom. The molecule has 1 aliphatic heterocycles. The van der Waals surface area contributed by atoms with Crippen molar-refractivity contribution in [3.8, 4) is 0 Å². The van der Waals surface area contributed by atoms with Gasteiger partial charge < -0.3 is 9.47 Å². The summed E-state index contributed by atoms with van der Waals surface area (Å²) in [4.78, 5) is 4.62. The highest BCUT2D eigenvalue weighted by Gasteiger charge is 2.22. The molecule has 3 aromatic rings. The van der Waals surface area contributed by atoms with Gasteiger partial charge in [0, 0.05) is 62.6 Å². The van der Waals surface area contributed by atoms with E-state index in [0.717, 1.165) is 7.05 Å². The first-order valence-corrected chi connectivity index (χ1v) is 7.71. The zero-order chi connectivity index (χ0) is 27.3. The Balaban J connectivity index is 2.11. The van der Waals surface area contributed by atoms with E-state index in [2.05, 4.69) is 4.98 Å². The third kappa shape index (κ3) is 2.73. The summed E-state index contributed by atoms with van der Waals surface area (Å²) in [5.41, 5.74) is -0.326. The van der Waals surface area contributed by atoms with Crippen LogP contribution in [0.25, 0.3) is 10.9 Å². The monoisotopic (exact) mass is 331 g/mol. The molecular weight excluding hydrogens is 294 g/mol. The Kier molecular flexibility index (Phi) is 1.77. The van der Waals surface area contributed by atoms with Crippen LogP contribution in [0.2, 0.25) is 0 Å². The van der Waals surface area contributed by atoms with Gasteiger partial charge in [-0.3, -0.25) is 4.98 Å². The maximum Gasteiger partial charge on any atom is 0.0843 e. The Morgan fingerprint density at radius 1 is 1.25 bits per heavy atom. The van der Waals surface area contributed by atoms with Crippen molar-refractivity contribution in [2.75, 3.05) is 13.5 Å². The zero-order valence-corrected chi connectivity index (χ0v) is 13.8. The molecule has 0 amide bonds. The summed E-state index contributed by atoms with van der Waals surface area (Å²) in [7, 11) is 1.12. The van der Waals surface area contributed by atoms with Crippen LogP contribution >= 0.6 is 0 Å². The van der Waals surface area contributed by atoms with Gasteiger partial charge in [-0.1, -0.05) is 17.6 Å². The van der Waals surface area contributed by atoms with Crippen LogP contribution in [0.1, 0.15) is 44.5 Å². The van der Waals surface area contributed by atoms with Gasteiger partial charge in [0.2, 0.25) is 0 Å². The minimum atomic E-state index is -2.82. The van der Waals surface area contributed by atoms with Crippen LogP contribution in [0.3, 0.4) is 0 Å². The van der Waals surface area contributed by atoms with Crippen LogP contribution in [-0.2, 0) is 25.8 Å². The number of likely N-dealkylation sites (N-methyl/N-ethyl adjacent to an activating group) is 1. The minimum Gasteiger partial charge on any atom is -0.344 e. The molecule has 3 heterocycles. The fourth-order valence-electron chi connectivity index (χ4n) is 2.75. The molecule has 3 heteroatoms. The summed E-state index contributed by atoms with van der Waals surface area (Å²) in [6.45, 7) is -2.63. The highest BCUT2D eigenvalue weighted by atomic mass is 15.1. The lowest BCUT2D eigenvalue weighted by molar-refractivity contribution is 0.309. The van der Waals surface area contributed by atoms with E-state index in [1.807, 2.05) is 0 Å². The number of fused-ring (bicyclic) bond motifs is 3. The smallest absolute Gasteiger partial charge is 0.0843 e. The third-order valence-electron chi connectivity index (χ3n) is 3.90. The van der Waals surface area contributed by atoms with Gasteiger partial charge in [-0.15, -0.1) is 0 Å². The molecular formula is C21H25N3. The standard InChI is InChI=1S/C21H25N3/c1-15-4-7-20-18(12-15)19-14-23(3)10-9-21(19)24(20)11-8-17-6-5-16(2)22-13-17/h4-7,12-13H,8-11,14H2,1-3H3/i4D,5D,6D,7D,9D2,10D2,12D,13D,14D2. The van der Waals surface area contributed by atoms with Gasteiger partial charge in [-0.25, -0.2) is 0 Å². The topological polar surface area (TPSA) is 21.1 Å². The van der Waals surface area contributed by atoms with E-state index >= 15 is 0 Å². The van der Waals surface area contributed by atoms with Gasteiger partial charge in [-0.2, -0.15) is 0 Å². The number of nitrogens with zero attached hydrogens (tertiary/aromatic N) is 3. The SMILES string of the molecule is [2H]c1nc(C)c([2H])c([2H])c1CCn1c2c(c3c([2H])c(C)c([2H])c([2H])c31)C([2H])([2H])N(C)C([2H])([2H])C2([2H])[2H].